The van der Waals surface area contributed by atoms with Crippen LogP contribution in [0.4, 0.5) is 0 Å². The van der Waals surface area contributed by atoms with Gasteiger partial charge in [0.05, 0.1) is 5.92 Å². The van der Waals surface area contributed by atoms with Gasteiger partial charge in [-0.25, -0.2) is 4.79 Å². The summed E-state index contributed by atoms with van der Waals surface area (Å²) in [5.74, 6) is -1.32. The molecule has 0 saturated heterocycles. The summed E-state index contributed by atoms with van der Waals surface area (Å²) in [6.07, 6.45) is 5.89. The van der Waals surface area contributed by atoms with Crippen molar-refractivity contribution >= 4 is 11.9 Å². The third-order valence-electron chi connectivity index (χ3n) is 3.11. The number of aliphatic carboxylic acids is 1. The van der Waals surface area contributed by atoms with E-state index in [2.05, 4.69) is 5.32 Å². The van der Waals surface area contributed by atoms with Crippen LogP contribution in [-0.2, 0) is 9.59 Å². The lowest BCUT2D eigenvalue weighted by Crippen LogP contribution is -2.44. The van der Waals surface area contributed by atoms with Crippen molar-refractivity contribution in [3.05, 3.63) is 12.2 Å². The van der Waals surface area contributed by atoms with Crippen LogP contribution in [0.25, 0.3) is 0 Å². The molecule has 0 aromatic carbocycles. The summed E-state index contributed by atoms with van der Waals surface area (Å²) in [7, 11) is 0. The molecule has 2 aliphatic rings. The molecule has 1 saturated carbocycles. The van der Waals surface area contributed by atoms with Gasteiger partial charge in [0.2, 0.25) is 5.91 Å². The number of carbonyl (C=O) groups is 2. The summed E-state index contributed by atoms with van der Waals surface area (Å²) >= 11 is 0. The first-order valence-corrected chi connectivity index (χ1v) is 5.55. The molecule has 0 aromatic rings. The summed E-state index contributed by atoms with van der Waals surface area (Å²) in [5, 5.41) is 11.6. The molecule has 5 heteroatoms. The first kappa shape index (κ1) is 11.1. The molecule has 2 aliphatic carbocycles. The minimum Gasteiger partial charge on any atom is -0.480 e. The second kappa shape index (κ2) is 4.25. The number of hydrogen-bond donors (Lipinski definition) is 3. The predicted octanol–water partition coefficient (Wildman–Crippen LogP) is -0.131. The average Bonchev–Trinajstić information content (AvgIpc) is 2.96. The Balaban J connectivity index is 1.90. The maximum atomic E-state index is 11.8. The van der Waals surface area contributed by atoms with E-state index in [4.69, 9.17) is 10.8 Å². The number of nitrogens with two attached hydrogens (primary N) is 1. The molecule has 0 spiro atoms. The number of rotatable bonds is 4. The highest BCUT2D eigenvalue weighted by molar-refractivity contribution is 5.86. The van der Waals surface area contributed by atoms with Crippen molar-refractivity contribution in [3.63, 3.8) is 0 Å². The Morgan fingerprint density at radius 1 is 1.38 bits per heavy atom. The van der Waals surface area contributed by atoms with Gasteiger partial charge in [-0.1, -0.05) is 12.2 Å². The highest BCUT2D eigenvalue weighted by Crippen LogP contribution is 2.33. The number of hydrogen-bond acceptors (Lipinski definition) is 3. The maximum Gasteiger partial charge on any atom is 0.326 e. The number of carboxylic acid groups (broad SMARTS) is 1. The van der Waals surface area contributed by atoms with Gasteiger partial charge in [-0.05, 0) is 25.2 Å². The van der Waals surface area contributed by atoms with E-state index < -0.39 is 12.0 Å². The maximum absolute atomic E-state index is 11.8. The molecule has 88 valence electrons. The standard InChI is InChI=1S/C11H16N2O3/c12-8-4-3-7(5-8)10(14)13-9(11(15)16)6-1-2-6/h3-4,6-9H,1-2,5,12H2,(H,13,14)(H,15,16). The zero-order valence-electron chi connectivity index (χ0n) is 8.93. The smallest absolute Gasteiger partial charge is 0.326 e. The summed E-state index contributed by atoms with van der Waals surface area (Å²) in [5.41, 5.74) is 5.64. The number of amides is 1. The van der Waals surface area contributed by atoms with Crippen molar-refractivity contribution in [3.8, 4) is 0 Å². The molecule has 16 heavy (non-hydrogen) atoms. The van der Waals surface area contributed by atoms with Crippen molar-refractivity contribution in [2.24, 2.45) is 17.6 Å². The second-order valence-corrected chi connectivity index (χ2v) is 4.55. The van der Waals surface area contributed by atoms with Gasteiger partial charge in [-0.15, -0.1) is 0 Å². The van der Waals surface area contributed by atoms with Gasteiger partial charge in [0, 0.05) is 6.04 Å². The van der Waals surface area contributed by atoms with Crippen LogP contribution >= 0.6 is 0 Å². The fraction of sp³-hybridized carbons (Fsp3) is 0.636. The lowest BCUT2D eigenvalue weighted by atomic mass is 10.1. The number of carbonyl (C=O) groups excluding carboxylic acids is 1. The van der Waals surface area contributed by atoms with Crippen LogP contribution < -0.4 is 11.1 Å². The largest absolute Gasteiger partial charge is 0.480 e. The molecule has 1 amide bonds. The molecule has 5 nitrogen and oxygen atoms in total. The van der Waals surface area contributed by atoms with E-state index in [9.17, 15) is 9.59 Å². The van der Waals surface area contributed by atoms with E-state index in [-0.39, 0.29) is 23.8 Å². The van der Waals surface area contributed by atoms with Crippen LogP contribution in [0.15, 0.2) is 12.2 Å². The Labute approximate surface area is 93.7 Å². The van der Waals surface area contributed by atoms with Crippen molar-refractivity contribution < 1.29 is 14.7 Å². The highest BCUT2D eigenvalue weighted by atomic mass is 16.4. The Morgan fingerprint density at radius 3 is 2.50 bits per heavy atom. The van der Waals surface area contributed by atoms with Crippen molar-refractivity contribution in [2.75, 3.05) is 0 Å². The van der Waals surface area contributed by atoms with Gasteiger partial charge in [-0.3, -0.25) is 4.79 Å². The van der Waals surface area contributed by atoms with E-state index >= 15 is 0 Å². The van der Waals surface area contributed by atoms with E-state index in [1.807, 2.05) is 0 Å². The molecule has 0 heterocycles. The molecule has 0 aliphatic heterocycles. The van der Waals surface area contributed by atoms with Crippen molar-refractivity contribution in [2.45, 2.75) is 31.3 Å². The van der Waals surface area contributed by atoms with Crippen LogP contribution in [0.5, 0.6) is 0 Å². The van der Waals surface area contributed by atoms with Crippen molar-refractivity contribution in [1.29, 1.82) is 0 Å². The molecule has 3 unspecified atom stereocenters. The third-order valence-corrected chi connectivity index (χ3v) is 3.11. The van der Waals surface area contributed by atoms with E-state index in [0.29, 0.717) is 6.42 Å². The minimum absolute atomic E-state index is 0.0834. The third kappa shape index (κ3) is 2.41. The fourth-order valence-electron chi connectivity index (χ4n) is 1.99. The van der Waals surface area contributed by atoms with Crippen LogP contribution in [-0.4, -0.2) is 29.1 Å². The van der Waals surface area contributed by atoms with Gasteiger partial charge >= 0.3 is 5.97 Å². The first-order chi connectivity index (χ1) is 7.58. The van der Waals surface area contributed by atoms with Crippen LogP contribution in [0.2, 0.25) is 0 Å². The van der Waals surface area contributed by atoms with Gasteiger partial charge < -0.3 is 16.2 Å². The molecule has 3 atom stereocenters. The zero-order chi connectivity index (χ0) is 11.7. The van der Waals surface area contributed by atoms with Gasteiger partial charge in [-0.2, -0.15) is 0 Å². The average molecular weight is 224 g/mol. The SMILES string of the molecule is NC1C=CC(C(=O)NC(C(=O)O)C2CC2)C1. The molecular formula is C11H16N2O3. The normalized spacial score (nSPS) is 30.1. The summed E-state index contributed by atoms with van der Waals surface area (Å²) in [6, 6.07) is -0.808. The minimum atomic E-state index is -0.942. The lowest BCUT2D eigenvalue weighted by Gasteiger charge is -2.16. The Hall–Kier alpha value is -1.36. The molecule has 0 aromatic heterocycles. The molecule has 1 fully saturated rings. The summed E-state index contributed by atoms with van der Waals surface area (Å²) in [4.78, 5) is 22.7. The summed E-state index contributed by atoms with van der Waals surface area (Å²) < 4.78 is 0. The lowest BCUT2D eigenvalue weighted by molar-refractivity contribution is -0.142. The van der Waals surface area contributed by atoms with Gasteiger partial charge in [0.1, 0.15) is 6.04 Å². The van der Waals surface area contributed by atoms with Gasteiger partial charge in [0.25, 0.3) is 0 Å². The molecule has 0 bridgehead atoms. The number of nitrogens with one attached hydrogen (secondary N) is 1. The van der Waals surface area contributed by atoms with Crippen molar-refractivity contribution in [1.82, 2.24) is 5.32 Å². The zero-order valence-corrected chi connectivity index (χ0v) is 8.93. The highest BCUT2D eigenvalue weighted by Gasteiger charge is 2.38. The number of carboxylic acids is 1. The predicted molar refractivity (Wildman–Crippen MR) is 57.5 cm³/mol. The Bertz CT molecular complexity index is 336. The van der Waals surface area contributed by atoms with E-state index in [1.54, 1.807) is 12.2 Å². The topological polar surface area (TPSA) is 92.4 Å². The monoisotopic (exact) mass is 224 g/mol. The first-order valence-electron chi connectivity index (χ1n) is 5.55. The van der Waals surface area contributed by atoms with Gasteiger partial charge in [0.15, 0.2) is 0 Å². The second-order valence-electron chi connectivity index (χ2n) is 4.55. The summed E-state index contributed by atoms with van der Waals surface area (Å²) in [6.45, 7) is 0. The van der Waals surface area contributed by atoms with Crippen LogP contribution in [0.3, 0.4) is 0 Å². The van der Waals surface area contributed by atoms with E-state index in [0.717, 1.165) is 12.8 Å². The molecule has 4 N–H and O–H groups in total. The molecular weight excluding hydrogens is 208 g/mol. The quantitative estimate of drug-likeness (QED) is 0.580. The fourth-order valence-corrected chi connectivity index (χ4v) is 1.99. The van der Waals surface area contributed by atoms with Crippen LogP contribution in [0.1, 0.15) is 19.3 Å². The van der Waals surface area contributed by atoms with E-state index in [1.165, 1.54) is 0 Å². The van der Waals surface area contributed by atoms with Crippen LogP contribution in [0, 0.1) is 11.8 Å². The molecule has 2 rings (SSSR count). The Kier molecular flexibility index (Phi) is 2.96. The molecule has 0 radical (unpaired) electrons. The Morgan fingerprint density at radius 2 is 2.06 bits per heavy atom.